The molecule has 2 amide bonds. The molecule has 0 unspecified atom stereocenters. The van der Waals surface area contributed by atoms with E-state index in [0.29, 0.717) is 35.0 Å². The first-order valence-electron chi connectivity index (χ1n) is 11.5. The summed E-state index contributed by atoms with van der Waals surface area (Å²) in [6.45, 7) is 5.82. The third-order valence-corrected chi connectivity index (χ3v) is 4.97. The number of benzene rings is 3. The Labute approximate surface area is 209 Å². The predicted molar refractivity (Wildman–Crippen MR) is 139 cm³/mol. The highest BCUT2D eigenvalue weighted by Crippen LogP contribution is 2.24. The van der Waals surface area contributed by atoms with Crippen LogP contribution in [0, 0.1) is 0 Å². The van der Waals surface area contributed by atoms with E-state index in [2.05, 4.69) is 15.7 Å². The minimum absolute atomic E-state index is 0.409. The summed E-state index contributed by atoms with van der Waals surface area (Å²) >= 11 is 0. The molecule has 4 rings (SSSR count). The van der Waals surface area contributed by atoms with E-state index in [-0.39, 0.29) is 0 Å². The molecule has 8 heteroatoms. The molecule has 0 bridgehead atoms. The van der Waals surface area contributed by atoms with E-state index < -0.39 is 17.7 Å². The number of hydrogen-bond acceptors (Lipinski definition) is 5. The molecule has 0 saturated heterocycles. The molecule has 1 aromatic heterocycles. The molecule has 0 atom stereocenters. The zero-order chi connectivity index (χ0) is 25.5. The summed E-state index contributed by atoms with van der Waals surface area (Å²) < 4.78 is 12.5. The summed E-state index contributed by atoms with van der Waals surface area (Å²) in [5.74, 6) is 0.647. The number of carbonyl (C=O) groups excluding carboxylic acids is 2. The molecule has 2 N–H and O–H groups in total. The van der Waals surface area contributed by atoms with Crippen molar-refractivity contribution in [1.29, 1.82) is 0 Å². The lowest BCUT2D eigenvalue weighted by Gasteiger charge is -2.19. The molecular formula is C28H28N4O4. The number of hydrogen-bond donors (Lipinski definition) is 2. The molecule has 4 aromatic rings. The lowest BCUT2D eigenvalue weighted by atomic mass is 10.1. The maximum absolute atomic E-state index is 12.6. The maximum atomic E-state index is 12.6. The maximum Gasteiger partial charge on any atom is 0.435 e. The molecule has 0 radical (unpaired) electrons. The molecule has 0 aliphatic carbocycles. The van der Waals surface area contributed by atoms with Gasteiger partial charge >= 0.3 is 12.1 Å². The summed E-state index contributed by atoms with van der Waals surface area (Å²) in [5.41, 5.74) is 2.81. The fourth-order valence-corrected chi connectivity index (χ4v) is 3.43. The van der Waals surface area contributed by atoms with Crippen molar-refractivity contribution in [1.82, 2.24) is 9.78 Å². The number of carbonyl (C=O) groups is 2. The van der Waals surface area contributed by atoms with Gasteiger partial charge in [0.15, 0.2) is 0 Å². The molecule has 0 aliphatic heterocycles. The van der Waals surface area contributed by atoms with Gasteiger partial charge in [-0.05, 0) is 56.7 Å². The Bertz CT molecular complexity index is 1340. The van der Waals surface area contributed by atoms with Crippen LogP contribution in [0.15, 0.2) is 91.1 Å². The number of urea groups is 1. The topological polar surface area (TPSA) is 94.5 Å². The Morgan fingerprint density at radius 1 is 0.861 bits per heavy atom. The zero-order valence-corrected chi connectivity index (χ0v) is 20.4. The SMILES string of the molecule is CC(C)(C)OC(=O)n1nccc1-c1cccc(NC(=O)Nc2cccc(OCc3ccccc3)c2)c1. The summed E-state index contributed by atoms with van der Waals surface area (Å²) in [7, 11) is 0. The van der Waals surface area contributed by atoms with Gasteiger partial charge < -0.3 is 20.1 Å². The first kappa shape index (κ1) is 24.5. The summed E-state index contributed by atoms with van der Waals surface area (Å²) in [6.07, 6.45) is 0.951. The van der Waals surface area contributed by atoms with Crippen molar-refractivity contribution in [3.63, 3.8) is 0 Å². The van der Waals surface area contributed by atoms with E-state index in [4.69, 9.17) is 9.47 Å². The number of nitrogens with one attached hydrogen (secondary N) is 2. The van der Waals surface area contributed by atoms with Crippen molar-refractivity contribution in [2.45, 2.75) is 33.0 Å². The van der Waals surface area contributed by atoms with Crippen LogP contribution in [0.1, 0.15) is 26.3 Å². The molecule has 1 heterocycles. The van der Waals surface area contributed by atoms with E-state index in [0.717, 1.165) is 5.56 Å². The zero-order valence-electron chi connectivity index (χ0n) is 20.4. The number of aromatic nitrogens is 2. The van der Waals surface area contributed by atoms with E-state index >= 15 is 0 Å². The van der Waals surface area contributed by atoms with Crippen molar-refractivity contribution in [3.8, 4) is 17.0 Å². The molecule has 0 aliphatic rings. The number of nitrogens with zero attached hydrogens (tertiary/aromatic N) is 2. The smallest absolute Gasteiger partial charge is 0.435 e. The van der Waals surface area contributed by atoms with Crippen LogP contribution >= 0.6 is 0 Å². The minimum Gasteiger partial charge on any atom is -0.489 e. The Balaban J connectivity index is 1.40. The molecule has 0 spiro atoms. The number of rotatable bonds is 6. The summed E-state index contributed by atoms with van der Waals surface area (Å²) in [6, 6.07) is 25.5. The fourth-order valence-electron chi connectivity index (χ4n) is 3.43. The van der Waals surface area contributed by atoms with Crippen LogP contribution in [0.2, 0.25) is 0 Å². The van der Waals surface area contributed by atoms with Crippen LogP contribution < -0.4 is 15.4 Å². The van der Waals surface area contributed by atoms with Gasteiger partial charge in [0.25, 0.3) is 0 Å². The first-order valence-corrected chi connectivity index (χ1v) is 11.5. The van der Waals surface area contributed by atoms with Crippen LogP contribution in [0.3, 0.4) is 0 Å². The lowest BCUT2D eigenvalue weighted by Crippen LogP contribution is -2.28. The van der Waals surface area contributed by atoms with Crippen molar-refractivity contribution >= 4 is 23.5 Å². The largest absolute Gasteiger partial charge is 0.489 e. The van der Waals surface area contributed by atoms with Crippen molar-refractivity contribution in [2.24, 2.45) is 0 Å². The van der Waals surface area contributed by atoms with Gasteiger partial charge in [-0.15, -0.1) is 0 Å². The van der Waals surface area contributed by atoms with Crippen molar-refractivity contribution < 1.29 is 19.1 Å². The van der Waals surface area contributed by atoms with Gasteiger partial charge in [-0.3, -0.25) is 0 Å². The van der Waals surface area contributed by atoms with Crippen LogP contribution in [-0.4, -0.2) is 27.5 Å². The van der Waals surface area contributed by atoms with E-state index in [9.17, 15) is 9.59 Å². The summed E-state index contributed by atoms with van der Waals surface area (Å²) in [4.78, 5) is 25.2. The predicted octanol–water partition coefficient (Wildman–Crippen LogP) is 6.56. The quantitative estimate of drug-likeness (QED) is 0.323. The van der Waals surface area contributed by atoms with Crippen molar-refractivity contribution in [2.75, 3.05) is 10.6 Å². The Kier molecular flexibility index (Phi) is 7.34. The average Bonchev–Trinajstić information content (AvgIpc) is 3.33. The van der Waals surface area contributed by atoms with Gasteiger partial charge in [0.2, 0.25) is 0 Å². The van der Waals surface area contributed by atoms with E-state index in [1.807, 2.05) is 48.5 Å². The second-order valence-electron chi connectivity index (χ2n) is 9.07. The number of ether oxygens (including phenoxy) is 2. The molecule has 0 saturated carbocycles. The van der Waals surface area contributed by atoms with Crippen LogP contribution in [0.5, 0.6) is 5.75 Å². The highest BCUT2D eigenvalue weighted by atomic mass is 16.6. The van der Waals surface area contributed by atoms with E-state index in [1.54, 1.807) is 57.2 Å². The van der Waals surface area contributed by atoms with Gasteiger partial charge in [-0.25, -0.2) is 9.59 Å². The van der Waals surface area contributed by atoms with Gasteiger partial charge in [0.1, 0.15) is 18.0 Å². The van der Waals surface area contributed by atoms with Crippen LogP contribution in [0.4, 0.5) is 21.0 Å². The highest BCUT2D eigenvalue weighted by Gasteiger charge is 2.21. The van der Waals surface area contributed by atoms with Crippen LogP contribution in [0.25, 0.3) is 11.3 Å². The van der Waals surface area contributed by atoms with Gasteiger partial charge in [0, 0.05) is 23.0 Å². The third kappa shape index (κ3) is 6.73. The lowest BCUT2D eigenvalue weighted by molar-refractivity contribution is 0.0518. The normalized spacial score (nSPS) is 11.0. The molecule has 36 heavy (non-hydrogen) atoms. The van der Waals surface area contributed by atoms with Gasteiger partial charge in [0.05, 0.1) is 11.9 Å². The second kappa shape index (κ2) is 10.8. The molecule has 3 aromatic carbocycles. The third-order valence-electron chi connectivity index (χ3n) is 4.97. The number of anilines is 2. The fraction of sp³-hybridized carbons (Fsp3) is 0.179. The van der Waals surface area contributed by atoms with Gasteiger partial charge in [-0.1, -0.05) is 48.5 Å². The monoisotopic (exact) mass is 484 g/mol. The van der Waals surface area contributed by atoms with Gasteiger partial charge in [-0.2, -0.15) is 9.78 Å². The van der Waals surface area contributed by atoms with Crippen LogP contribution in [-0.2, 0) is 11.3 Å². The molecule has 0 fully saturated rings. The van der Waals surface area contributed by atoms with E-state index in [1.165, 1.54) is 10.9 Å². The second-order valence-corrected chi connectivity index (χ2v) is 9.07. The van der Waals surface area contributed by atoms with Crippen molar-refractivity contribution in [3.05, 3.63) is 96.7 Å². The first-order chi connectivity index (χ1) is 17.3. The Hall–Kier alpha value is -4.59. The highest BCUT2D eigenvalue weighted by molar-refractivity contribution is 6.00. The molecule has 8 nitrogen and oxygen atoms in total. The summed E-state index contributed by atoms with van der Waals surface area (Å²) in [5, 5.41) is 9.73. The standard InChI is InChI=1S/C28H28N4O4/c1-28(2,3)36-27(34)32-25(15-16-29-32)21-11-7-12-22(17-21)30-26(33)31-23-13-8-14-24(18-23)35-19-20-9-5-4-6-10-20/h4-18H,19H2,1-3H3,(H2,30,31,33). The minimum atomic E-state index is -0.647. The number of amides is 2. The molecule has 184 valence electrons. The Morgan fingerprint density at radius 3 is 2.28 bits per heavy atom. The Morgan fingerprint density at radius 2 is 1.56 bits per heavy atom. The molecular weight excluding hydrogens is 456 g/mol. The average molecular weight is 485 g/mol.